The summed E-state index contributed by atoms with van der Waals surface area (Å²) in [5, 5.41) is 52.1. The maximum Gasteiger partial charge on any atom is 3.00 e. The number of rotatable bonds is 12. The monoisotopic (exact) mass is 672 g/mol. The summed E-state index contributed by atoms with van der Waals surface area (Å²) in [7, 11) is 4.32. The average Bonchev–Trinajstić information content (AvgIpc) is 2.95. The molecule has 0 radical (unpaired) electrons. The van der Waals surface area contributed by atoms with Gasteiger partial charge < -0.3 is 44.9 Å². The van der Waals surface area contributed by atoms with E-state index in [1.807, 2.05) is 6.92 Å². The van der Waals surface area contributed by atoms with Crippen molar-refractivity contribution in [3.8, 4) is 34.5 Å². The Morgan fingerprint density at radius 3 is 1.14 bits per heavy atom. The van der Waals surface area contributed by atoms with E-state index < -0.39 is 10.5 Å². The average molecular weight is 673 g/mol. The summed E-state index contributed by atoms with van der Waals surface area (Å²) < 4.78 is 15.3. The Kier molecular flexibility index (Phi) is 19.2. The first-order valence-corrected chi connectivity index (χ1v) is 12.4. The van der Waals surface area contributed by atoms with Crippen molar-refractivity contribution in [3.63, 3.8) is 0 Å². The van der Waals surface area contributed by atoms with Crippen LogP contribution in [0.15, 0.2) is 69.6 Å². The number of methoxy groups -OCH3 is 3. The van der Waals surface area contributed by atoms with E-state index in [1.54, 1.807) is 54.6 Å². The molecule has 15 heteroatoms. The summed E-state index contributed by atoms with van der Waals surface area (Å²) >= 11 is 0. The number of para-hydroxylation sites is 3. The van der Waals surface area contributed by atoms with Gasteiger partial charge in [-0.1, -0.05) is 60.6 Å². The molecule has 0 aliphatic heterocycles. The van der Waals surface area contributed by atoms with Crippen molar-refractivity contribution in [1.29, 1.82) is 0 Å². The molecule has 0 aliphatic rings. The van der Waals surface area contributed by atoms with Crippen LogP contribution in [-0.2, 0) is 17.1 Å². The minimum Gasteiger partial charge on any atom is -0.870 e. The zero-order valence-corrected chi connectivity index (χ0v) is 29.2. The minimum atomic E-state index is -1.75. The Bertz CT molecular complexity index is 1280. The van der Waals surface area contributed by atoms with E-state index in [1.165, 1.54) is 40.0 Å². The molecule has 0 saturated heterocycles. The predicted molar refractivity (Wildman–Crippen MR) is 153 cm³/mol. The summed E-state index contributed by atoms with van der Waals surface area (Å²) in [5.41, 5.74) is 0.616. The third-order valence-corrected chi connectivity index (χ3v) is 5.80. The number of hydrogen-bond donors (Lipinski definition) is 0. The predicted octanol–water partition coefficient (Wildman–Crippen LogP) is -0.641. The molecular formula is C29H30KMnN4O9. The smallest absolute Gasteiger partial charge is 0.870 e. The molecule has 0 aliphatic carbocycles. The largest absolute Gasteiger partial charge is 3.00 e. The Balaban J connectivity index is 0.00000290. The molecule has 13 nitrogen and oxygen atoms in total. The maximum absolute atomic E-state index is 12.4. The minimum absolute atomic E-state index is 0. The molecule has 0 spiro atoms. The Morgan fingerprint density at radius 2 is 0.909 bits per heavy atom. The molecule has 3 aromatic carbocycles. The first-order chi connectivity index (χ1) is 20.0. The van der Waals surface area contributed by atoms with Crippen molar-refractivity contribution in [2.45, 2.75) is 6.92 Å². The fraction of sp³-hybridized carbons (Fsp3) is 0.276. The molecule has 0 amide bonds. The van der Waals surface area contributed by atoms with E-state index in [2.05, 4.69) is 15.0 Å². The van der Waals surface area contributed by atoms with Gasteiger partial charge in [-0.25, -0.2) is 0 Å². The van der Waals surface area contributed by atoms with Crippen LogP contribution in [0.3, 0.4) is 0 Å². The molecule has 228 valence electrons. The molecule has 0 N–H and O–H groups in total. The maximum atomic E-state index is 12.4. The standard InChI is InChI=1S/C29H33N3O6.K.Mn.NO3/c1-29(17-30-14-20-8-5-11-23(36-2)26(20)33,18-31-15-21-9-6-12-24(37-3)27(21)34)19-32-16-22-10-7-13-25(38-4)28(22)35;;;2-1(3)4/h5-16,33-35H,17-19H2,1-4H3;;;/q;+1;+3;-1/p-3. The van der Waals surface area contributed by atoms with Gasteiger partial charge in [-0.3, -0.25) is 15.0 Å². The van der Waals surface area contributed by atoms with Gasteiger partial charge in [-0.2, -0.15) is 0 Å². The molecule has 0 heterocycles. The van der Waals surface area contributed by atoms with Crippen LogP contribution in [0.5, 0.6) is 34.5 Å². The Hall–Kier alpha value is -3.17. The van der Waals surface area contributed by atoms with Crippen molar-refractivity contribution in [3.05, 3.63) is 86.6 Å². The van der Waals surface area contributed by atoms with Gasteiger partial charge in [0.05, 0.1) is 26.4 Å². The van der Waals surface area contributed by atoms with E-state index >= 15 is 0 Å². The number of hydrogen-bond acceptors (Lipinski definition) is 12. The normalized spacial score (nSPS) is 12.0. The zero-order chi connectivity index (χ0) is 31.1. The Morgan fingerprint density at radius 1 is 0.659 bits per heavy atom. The molecule has 0 fully saturated rings. The van der Waals surface area contributed by atoms with Crippen LogP contribution in [0.4, 0.5) is 0 Å². The summed E-state index contributed by atoms with van der Waals surface area (Å²) in [6.45, 7) is 2.78. The van der Waals surface area contributed by atoms with Crippen LogP contribution in [0.2, 0.25) is 0 Å². The van der Waals surface area contributed by atoms with Gasteiger partial charge in [0.1, 0.15) is 17.2 Å². The summed E-state index contributed by atoms with van der Waals surface area (Å²) in [6.07, 6.45) is 4.52. The van der Waals surface area contributed by atoms with Crippen LogP contribution in [0.25, 0.3) is 0 Å². The zero-order valence-electron chi connectivity index (χ0n) is 24.9. The van der Waals surface area contributed by atoms with Gasteiger partial charge >= 0.3 is 68.5 Å². The third-order valence-electron chi connectivity index (χ3n) is 5.80. The second kappa shape index (κ2) is 20.7. The molecule has 3 rings (SSSR count). The topological polar surface area (TPSA) is 200 Å². The van der Waals surface area contributed by atoms with Crippen LogP contribution in [0.1, 0.15) is 23.6 Å². The van der Waals surface area contributed by atoms with Crippen molar-refractivity contribution in [1.82, 2.24) is 0 Å². The number of benzene rings is 3. The first kappa shape index (κ1) is 40.8. The van der Waals surface area contributed by atoms with E-state index in [-0.39, 0.29) is 123 Å². The molecular weight excluding hydrogens is 642 g/mol. The molecule has 44 heavy (non-hydrogen) atoms. The SMILES string of the molecule is COc1cccc(C=NCC(C)(CN=Cc2cccc(OC)c2[O-])CN=Cc2cccc(OC)c2[O-])c1[O-].O=[N+]([O-])[O-].[K+].[Mn+3]. The number of ether oxygens (including phenoxy) is 3. The van der Waals surface area contributed by atoms with Gasteiger partial charge in [0.15, 0.2) is 0 Å². The number of nitrogens with zero attached hydrogens (tertiary/aromatic N) is 4. The Labute approximate surface area is 308 Å². The fourth-order valence-corrected chi connectivity index (χ4v) is 3.63. The fourth-order valence-electron chi connectivity index (χ4n) is 3.63. The van der Waals surface area contributed by atoms with Crippen molar-refractivity contribution >= 4 is 18.6 Å². The van der Waals surface area contributed by atoms with Gasteiger partial charge in [0, 0.05) is 43.7 Å². The van der Waals surface area contributed by atoms with Crippen LogP contribution >= 0.6 is 0 Å². The first-order valence-electron chi connectivity index (χ1n) is 12.4. The molecule has 0 aromatic heterocycles. The third kappa shape index (κ3) is 12.8. The number of aliphatic imine (C=N–C) groups is 3. The van der Waals surface area contributed by atoms with Crippen molar-refractivity contribution in [2.75, 3.05) is 41.0 Å². The molecule has 0 unspecified atom stereocenters. The van der Waals surface area contributed by atoms with Gasteiger partial charge in [0.25, 0.3) is 0 Å². The van der Waals surface area contributed by atoms with Crippen molar-refractivity contribution in [2.24, 2.45) is 20.4 Å². The van der Waals surface area contributed by atoms with E-state index in [9.17, 15) is 15.3 Å². The second-order valence-electron chi connectivity index (χ2n) is 9.08. The second-order valence-corrected chi connectivity index (χ2v) is 9.08. The van der Waals surface area contributed by atoms with E-state index in [0.29, 0.717) is 16.7 Å². The van der Waals surface area contributed by atoms with Crippen LogP contribution in [0, 0.1) is 20.7 Å². The molecule has 0 bridgehead atoms. The van der Waals surface area contributed by atoms with E-state index in [0.717, 1.165) is 0 Å². The molecule has 0 saturated carbocycles. The van der Waals surface area contributed by atoms with Gasteiger partial charge in [0.2, 0.25) is 0 Å². The van der Waals surface area contributed by atoms with Crippen molar-refractivity contribution < 1.29 is 103 Å². The summed E-state index contributed by atoms with van der Waals surface area (Å²) in [5.74, 6) is -0.0338. The van der Waals surface area contributed by atoms with Crippen LogP contribution < -0.4 is 80.9 Å². The summed E-state index contributed by atoms with van der Waals surface area (Å²) in [6, 6.07) is 14.9. The quantitative estimate of drug-likeness (QED) is 0.104. The molecule has 3 aromatic rings. The summed E-state index contributed by atoms with van der Waals surface area (Å²) in [4.78, 5) is 21.7. The van der Waals surface area contributed by atoms with E-state index in [4.69, 9.17) is 29.5 Å². The molecule has 0 atom stereocenters. The van der Waals surface area contributed by atoms with Crippen LogP contribution in [-0.4, -0.2) is 64.7 Å². The van der Waals surface area contributed by atoms with Gasteiger partial charge in [-0.05, 0) is 34.9 Å². The van der Waals surface area contributed by atoms with Gasteiger partial charge in [-0.15, -0.1) is 0 Å².